The molecule has 1 aliphatic carbocycles. The number of hydrogen-bond donors (Lipinski definition) is 2. The van der Waals surface area contributed by atoms with Crippen LogP contribution in [0.25, 0.3) is 0 Å². The van der Waals surface area contributed by atoms with Crippen molar-refractivity contribution < 1.29 is 27.1 Å². The quantitative estimate of drug-likeness (QED) is 0.443. The van der Waals surface area contributed by atoms with Crippen LogP contribution < -0.4 is 10.0 Å². The minimum atomic E-state index is -4.06. The fourth-order valence-electron chi connectivity index (χ4n) is 3.83. The number of anilines is 2. The molecule has 0 unspecified atom stereocenters. The Morgan fingerprint density at radius 2 is 1.76 bits per heavy atom. The van der Waals surface area contributed by atoms with E-state index in [-0.39, 0.29) is 22.8 Å². The van der Waals surface area contributed by atoms with Crippen LogP contribution in [0.1, 0.15) is 50.9 Å². The minimum Gasteiger partial charge on any atom is -0.462 e. The number of amides is 1. The number of fused-ring (bicyclic) bond motifs is 1. The molecule has 1 aliphatic rings. The Bertz CT molecular complexity index is 1330. The van der Waals surface area contributed by atoms with Gasteiger partial charge in [-0.05, 0) is 74.6 Å². The van der Waals surface area contributed by atoms with Gasteiger partial charge in [0.2, 0.25) is 0 Å². The summed E-state index contributed by atoms with van der Waals surface area (Å²) < 4.78 is 46.4. The van der Waals surface area contributed by atoms with Crippen molar-refractivity contribution >= 4 is 43.9 Å². The molecule has 2 N–H and O–H groups in total. The van der Waals surface area contributed by atoms with E-state index in [4.69, 9.17) is 4.74 Å². The third kappa shape index (κ3) is 4.97. The molecule has 178 valence electrons. The molecule has 34 heavy (non-hydrogen) atoms. The summed E-state index contributed by atoms with van der Waals surface area (Å²) in [5.41, 5.74) is 1.42. The van der Waals surface area contributed by atoms with E-state index in [1.807, 2.05) is 0 Å². The van der Waals surface area contributed by atoms with Gasteiger partial charge >= 0.3 is 5.97 Å². The van der Waals surface area contributed by atoms with Crippen molar-refractivity contribution in [2.75, 3.05) is 16.6 Å². The van der Waals surface area contributed by atoms with Gasteiger partial charge in [-0.3, -0.25) is 9.52 Å². The van der Waals surface area contributed by atoms with Gasteiger partial charge in [-0.2, -0.15) is 0 Å². The standard InChI is InChI=1S/C24H23FN2O5S2/c1-2-32-24(29)21-18-8-4-6-10-20(18)33-23(21)26-22(28)17-7-3-5-9-19(17)27-34(30,31)16-13-11-15(25)12-14-16/h3,5,7,9,11-14,27H,2,4,6,8,10H2,1H3,(H,26,28). The van der Waals surface area contributed by atoms with Gasteiger partial charge in [-0.15, -0.1) is 11.3 Å². The predicted octanol–water partition coefficient (Wildman–Crippen LogP) is 5.00. The van der Waals surface area contributed by atoms with E-state index in [9.17, 15) is 22.4 Å². The van der Waals surface area contributed by atoms with Crippen LogP contribution in [-0.2, 0) is 27.6 Å². The average molecular weight is 503 g/mol. The topological polar surface area (TPSA) is 102 Å². The van der Waals surface area contributed by atoms with Gasteiger partial charge in [-0.1, -0.05) is 12.1 Å². The number of thiophene rings is 1. The number of esters is 1. The highest BCUT2D eigenvalue weighted by Crippen LogP contribution is 2.39. The largest absolute Gasteiger partial charge is 0.462 e. The number of halogens is 1. The lowest BCUT2D eigenvalue weighted by molar-refractivity contribution is 0.0526. The summed E-state index contributed by atoms with van der Waals surface area (Å²) in [6, 6.07) is 10.5. The van der Waals surface area contributed by atoms with E-state index in [0.717, 1.165) is 60.4 Å². The van der Waals surface area contributed by atoms with Crippen molar-refractivity contribution in [2.24, 2.45) is 0 Å². The number of para-hydroxylation sites is 1. The molecule has 4 rings (SSSR count). The monoisotopic (exact) mass is 502 g/mol. The maximum absolute atomic E-state index is 13.2. The van der Waals surface area contributed by atoms with Crippen LogP contribution in [0.2, 0.25) is 0 Å². The van der Waals surface area contributed by atoms with E-state index in [2.05, 4.69) is 10.0 Å². The molecule has 0 radical (unpaired) electrons. The minimum absolute atomic E-state index is 0.0586. The van der Waals surface area contributed by atoms with Crippen LogP contribution in [0.15, 0.2) is 53.4 Å². The molecule has 0 spiro atoms. The number of benzene rings is 2. The molecule has 0 saturated heterocycles. The van der Waals surface area contributed by atoms with Gasteiger partial charge in [0.1, 0.15) is 10.8 Å². The highest BCUT2D eigenvalue weighted by molar-refractivity contribution is 7.92. The first-order valence-corrected chi connectivity index (χ1v) is 13.1. The van der Waals surface area contributed by atoms with E-state index in [1.54, 1.807) is 19.1 Å². The van der Waals surface area contributed by atoms with E-state index >= 15 is 0 Å². The molecule has 0 saturated carbocycles. The highest BCUT2D eigenvalue weighted by atomic mass is 32.2. The van der Waals surface area contributed by atoms with Gasteiger partial charge in [-0.25, -0.2) is 17.6 Å². The maximum Gasteiger partial charge on any atom is 0.341 e. The molecular weight excluding hydrogens is 479 g/mol. The zero-order chi connectivity index (χ0) is 24.3. The Balaban J connectivity index is 1.64. The molecule has 0 atom stereocenters. The number of ether oxygens (including phenoxy) is 1. The summed E-state index contributed by atoms with van der Waals surface area (Å²) in [4.78, 5) is 26.8. The first kappa shape index (κ1) is 23.9. The summed E-state index contributed by atoms with van der Waals surface area (Å²) in [6.45, 7) is 1.93. The van der Waals surface area contributed by atoms with E-state index < -0.39 is 27.7 Å². The summed E-state index contributed by atoms with van der Waals surface area (Å²) in [5, 5.41) is 3.19. The summed E-state index contributed by atoms with van der Waals surface area (Å²) in [7, 11) is -4.06. The Morgan fingerprint density at radius 1 is 1.06 bits per heavy atom. The fraction of sp³-hybridized carbons (Fsp3) is 0.250. The lowest BCUT2D eigenvalue weighted by Gasteiger charge is -2.14. The SMILES string of the molecule is CCOC(=O)c1c(NC(=O)c2ccccc2NS(=O)(=O)c2ccc(F)cc2)sc2c1CCCC2. The molecule has 3 aromatic rings. The lowest BCUT2D eigenvalue weighted by Crippen LogP contribution is -2.19. The number of aryl methyl sites for hydroxylation is 1. The molecule has 1 aromatic heterocycles. The third-order valence-electron chi connectivity index (χ3n) is 5.42. The number of carbonyl (C=O) groups is 2. The molecule has 1 amide bonds. The van der Waals surface area contributed by atoms with Crippen molar-refractivity contribution in [3.8, 4) is 0 Å². The lowest BCUT2D eigenvalue weighted by atomic mass is 9.95. The summed E-state index contributed by atoms with van der Waals surface area (Å²) in [5.74, 6) is -1.61. The van der Waals surface area contributed by atoms with Crippen molar-refractivity contribution in [3.05, 3.63) is 75.9 Å². The predicted molar refractivity (Wildman–Crippen MR) is 129 cm³/mol. The highest BCUT2D eigenvalue weighted by Gasteiger charge is 2.28. The van der Waals surface area contributed by atoms with Crippen molar-refractivity contribution in [1.82, 2.24) is 0 Å². The molecule has 0 aliphatic heterocycles. The van der Waals surface area contributed by atoms with Gasteiger partial charge in [0.25, 0.3) is 15.9 Å². The number of sulfonamides is 1. The Morgan fingerprint density at radius 3 is 2.50 bits per heavy atom. The van der Waals surface area contributed by atoms with Crippen LogP contribution in [0, 0.1) is 5.82 Å². The molecule has 0 fully saturated rings. The number of rotatable bonds is 7. The van der Waals surface area contributed by atoms with Gasteiger partial charge in [0, 0.05) is 4.88 Å². The smallest absolute Gasteiger partial charge is 0.341 e. The Kier molecular flexibility index (Phi) is 6.99. The second-order valence-corrected chi connectivity index (χ2v) is 10.5. The molecule has 0 bridgehead atoms. The molecular formula is C24H23FN2O5S2. The van der Waals surface area contributed by atoms with Crippen molar-refractivity contribution in [2.45, 2.75) is 37.5 Å². The zero-order valence-corrected chi connectivity index (χ0v) is 20.0. The average Bonchev–Trinajstić information content (AvgIpc) is 3.17. The van der Waals surface area contributed by atoms with Crippen molar-refractivity contribution in [3.63, 3.8) is 0 Å². The van der Waals surface area contributed by atoms with Gasteiger partial charge in [0.15, 0.2) is 0 Å². The second-order valence-electron chi connectivity index (χ2n) is 7.69. The van der Waals surface area contributed by atoms with Crippen LogP contribution >= 0.6 is 11.3 Å². The molecule has 1 heterocycles. The first-order valence-electron chi connectivity index (χ1n) is 10.8. The molecule has 10 heteroatoms. The number of nitrogens with one attached hydrogen (secondary N) is 2. The Labute approximate surface area is 201 Å². The summed E-state index contributed by atoms with van der Waals surface area (Å²) in [6.07, 6.45) is 3.54. The van der Waals surface area contributed by atoms with Crippen molar-refractivity contribution in [1.29, 1.82) is 0 Å². The second kappa shape index (κ2) is 9.94. The van der Waals surface area contributed by atoms with Gasteiger partial charge < -0.3 is 10.1 Å². The van der Waals surface area contributed by atoms with Gasteiger partial charge in [0.05, 0.1) is 28.3 Å². The van der Waals surface area contributed by atoms with Crippen LogP contribution in [0.4, 0.5) is 15.1 Å². The molecule has 2 aromatic carbocycles. The maximum atomic E-state index is 13.2. The van der Waals surface area contributed by atoms with Crippen LogP contribution in [-0.4, -0.2) is 26.9 Å². The number of hydrogen-bond acceptors (Lipinski definition) is 6. The first-order chi connectivity index (χ1) is 16.3. The summed E-state index contributed by atoms with van der Waals surface area (Å²) >= 11 is 1.35. The zero-order valence-electron chi connectivity index (χ0n) is 18.4. The van der Waals surface area contributed by atoms with E-state index in [0.29, 0.717) is 10.6 Å². The normalized spacial score (nSPS) is 13.1. The Hall–Kier alpha value is -3.24. The molecule has 7 nitrogen and oxygen atoms in total. The third-order valence-corrected chi connectivity index (χ3v) is 8.01. The van der Waals surface area contributed by atoms with Crippen LogP contribution in [0.5, 0.6) is 0 Å². The van der Waals surface area contributed by atoms with E-state index in [1.165, 1.54) is 23.5 Å². The van der Waals surface area contributed by atoms with Crippen LogP contribution in [0.3, 0.4) is 0 Å². The number of carbonyl (C=O) groups excluding carboxylic acids is 2. The fourth-order valence-corrected chi connectivity index (χ4v) is 6.18.